The maximum Gasteiger partial charge on any atom is 0.340 e. The molecule has 1 aliphatic rings. The highest BCUT2D eigenvalue weighted by Crippen LogP contribution is 2.24. The summed E-state index contributed by atoms with van der Waals surface area (Å²) in [5, 5.41) is 0.847. The van der Waals surface area contributed by atoms with Gasteiger partial charge in [-0.05, 0) is 30.7 Å². The molecule has 1 aromatic heterocycles. The van der Waals surface area contributed by atoms with E-state index >= 15 is 0 Å². The van der Waals surface area contributed by atoms with Crippen LogP contribution in [0.25, 0.3) is 10.9 Å². The minimum atomic E-state index is -0.601. The molecule has 172 valence electrons. The van der Waals surface area contributed by atoms with Crippen molar-refractivity contribution >= 4 is 28.5 Å². The van der Waals surface area contributed by atoms with Crippen molar-refractivity contribution in [2.75, 3.05) is 44.8 Å². The fraction of sp³-hybridized carbons (Fsp3) is 0.320. The number of aromatic nitrogens is 1. The Morgan fingerprint density at radius 2 is 1.73 bits per heavy atom. The van der Waals surface area contributed by atoms with Crippen LogP contribution >= 0.6 is 0 Å². The second kappa shape index (κ2) is 9.95. The lowest BCUT2D eigenvalue weighted by Gasteiger charge is -2.36. The third-order valence-electron chi connectivity index (χ3n) is 5.86. The zero-order valence-corrected chi connectivity index (χ0v) is 18.7. The molecule has 1 fully saturated rings. The van der Waals surface area contributed by atoms with E-state index in [9.17, 15) is 14.0 Å². The van der Waals surface area contributed by atoms with E-state index in [0.717, 1.165) is 16.5 Å². The van der Waals surface area contributed by atoms with Crippen molar-refractivity contribution < 1.29 is 23.5 Å². The number of hydrogen-bond donors (Lipinski definition) is 0. The number of amides is 1. The van der Waals surface area contributed by atoms with Gasteiger partial charge in [-0.25, -0.2) is 14.2 Å². The van der Waals surface area contributed by atoms with E-state index in [0.29, 0.717) is 43.1 Å². The van der Waals surface area contributed by atoms with Crippen molar-refractivity contribution in [3.63, 3.8) is 0 Å². The van der Waals surface area contributed by atoms with Crippen molar-refractivity contribution in [2.24, 2.45) is 0 Å². The molecule has 0 radical (unpaired) electrons. The largest absolute Gasteiger partial charge is 0.452 e. The fourth-order valence-corrected chi connectivity index (χ4v) is 4.15. The van der Waals surface area contributed by atoms with Crippen LogP contribution in [0.1, 0.15) is 21.6 Å². The number of fused-ring (bicyclic) bond motifs is 1. The first-order chi connectivity index (χ1) is 16.0. The molecule has 0 aliphatic carbocycles. The summed E-state index contributed by atoms with van der Waals surface area (Å²) in [4.78, 5) is 33.7. The number of anilines is 1. The van der Waals surface area contributed by atoms with E-state index in [1.807, 2.05) is 36.1 Å². The van der Waals surface area contributed by atoms with Crippen molar-refractivity contribution in [1.29, 1.82) is 0 Å². The summed E-state index contributed by atoms with van der Waals surface area (Å²) in [6, 6.07) is 14.1. The van der Waals surface area contributed by atoms with Crippen LogP contribution in [0.5, 0.6) is 0 Å². The van der Waals surface area contributed by atoms with Crippen molar-refractivity contribution in [3.05, 3.63) is 71.2 Å². The van der Waals surface area contributed by atoms with Gasteiger partial charge < -0.3 is 19.3 Å². The number of rotatable bonds is 6. The summed E-state index contributed by atoms with van der Waals surface area (Å²) < 4.78 is 24.6. The average Bonchev–Trinajstić information content (AvgIpc) is 2.83. The minimum absolute atomic E-state index is 0.155. The summed E-state index contributed by atoms with van der Waals surface area (Å²) in [5.41, 5.74) is 2.84. The fourth-order valence-electron chi connectivity index (χ4n) is 4.15. The summed E-state index contributed by atoms with van der Waals surface area (Å²) in [6.45, 7) is 3.49. The van der Waals surface area contributed by atoms with Crippen molar-refractivity contribution in [2.45, 2.75) is 13.5 Å². The zero-order chi connectivity index (χ0) is 23.4. The van der Waals surface area contributed by atoms with Crippen LogP contribution < -0.4 is 4.90 Å². The third-order valence-corrected chi connectivity index (χ3v) is 5.86. The van der Waals surface area contributed by atoms with Gasteiger partial charge in [-0.2, -0.15) is 0 Å². The Hall–Kier alpha value is -3.52. The third kappa shape index (κ3) is 4.80. The van der Waals surface area contributed by atoms with Crippen LogP contribution in [-0.4, -0.2) is 61.7 Å². The molecule has 0 unspecified atom stereocenters. The molecular weight excluding hydrogens is 425 g/mol. The molecule has 0 atom stereocenters. The highest BCUT2D eigenvalue weighted by Gasteiger charge is 2.25. The van der Waals surface area contributed by atoms with E-state index in [1.54, 1.807) is 23.1 Å². The first-order valence-electron chi connectivity index (χ1n) is 10.8. The topological polar surface area (TPSA) is 72.0 Å². The zero-order valence-electron chi connectivity index (χ0n) is 18.7. The van der Waals surface area contributed by atoms with E-state index in [4.69, 9.17) is 9.47 Å². The lowest BCUT2D eigenvalue weighted by atomic mass is 10.0. The summed E-state index contributed by atoms with van der Waals surface area (Å²) in [7, 11) is 1.53. The number of ether oxygens (including phenoxy) is 2. The van der Waals surface area contributed by atoms with Gasteiger partial charge in [0.25, 0.3) is 5.91 Å². The van der Waals surface area contributed by atoms with E-state index in [1.165, 1.54) is 13.2 Å². The number of pyridine rings is 1. The second-order valence-electron chi connectivity index (χ2n) is 7.90. The number of carbonyl (C=O) groups excluding carboxylic acids is 2. The number of para-hydroxylation sites is 2. The van der Waals surface area contributed by atoms with Gasteiger partial charge in [-0.3, -0.25) is 4.79 Å². The first-order valence-corrected chi connectivity index (χ1v) is 10.8. The standard InChI is InChI=1S/C25H26FN3O4/c1-17-18-7-3-5-9-20(18)27-21(15-32-2)24(17)25(31)33-16-23(30)29-13-11-28(12-14-29)22-10-6-4-8-19(22)26/h3-10H,11-16H2,1-2H3. The van der Waals surface area contributed by atoms with E-state index < -0.39 is 5.97 Å². The van der Waals surface area contributed by atoms with Gasteiger partial charge in [-0.15, -0.1) is 0 Å². The van der Waals surface area contributed by atoms with Crippen LogP contribution in [0.2, 0.25) is 0 Å². The SMILES string of the molecule is COCc1nc2ccccc2c(C)c1C(=O)OCC(=O)N1CCN(c2ccccc2F)CC1. The number of esters is 1. The minimum Gasteiger partial charge on any atom is -0.452 e. The van der Waals surface area contributed by atoms with E-state index in [2.05, 4.69) is 4.98 Å². The molecule has 1 saturated heterocycles. The van der Waals surface area contributed by atoms with Crippen molar-refractivity contribution in [1.82, 2.24) is 9.88 Å². The molecule has 0 bridgehead atoms. The smallest absolute Gasteiger partial charge is 0.340 e. The molecular formula is C25H26FN3O4. The molecule has 3 aromatic rings. The lowest BCUT2D eigenvalue weighted by Crippen LogP contribution is -2.50. The molecule has 8 heteroatoms. The van der Waals surface area contributed by atoms with Crippen LogP contribution in [0, 0.1) is 12.7 Å². The first kappa shape index (κ1) is 22.7. The molecule has 2 aromatic carbocycles. The Morgan fingerprint density at radius 1 is 1.03 bits per heavy atom. The summed E-state index contributed by atoms with van der Waals surface area (Å²) in [5.74, 6) is -1.16. The Bertz CT molecular complexity index is 1180. The number of aryl methyl sites for hydroxylation is 1. The quantitative estimate of drug-likeness (QED) is 0.536. The molecule has 33 heavy (non-hydrogen) atoms. The second-order valence-corrected chi connectivity index (χ2v) is 7.90. The molecule has 2 heterocycles. The predicted octanol–water partition coefficient (Wildman–Crippen LogP) is 3.33. The normalized spacial score (nSPS) is 13.9. The highest BCUT2D eigenvalue weighted by molar-refractivity contribution is 5.99. The van der Waals surface area contributed by atoms with Gasteiger partial charge >= 0.3 is 5.97 Å². The van der Waals surface area contributed by atoms with Crippen molar-refractivity contribution in [3.8, 4) is 0 Å². The van der Waals surface area contributed by atoms with Crippen LogP contribution in [0.3, 0.4) is 0 Å². The van der Waals surface area contributed by atoms with Crippen LogP contribution in [-0.2, 0) is 20.9 Å². The highest BCUT2D eigenvalue weighted by atomic mass is 19.1. The Morgan fingerprint density at radius 3 is 2.45 bits per heavy atom. The number of methoxy groups -OCH3 is 1. The average molecular weight is 451 g/mol. The van der Waals surface area contributed by atoms with Gasteiger partial charge in [0.2, 0.25) is 0 Å². The monoisotopic (exact) mass is 451 g/mol. The predicted molar refractivity (Wildman–Crippen MR) is 123 cm³/mol. The maximum absolute atomic E-state index is 14.0. The maximum atomic E-state index is 14.0. The number of piperazine rings is 1. The molecule has 0 N–H and O–H groups in total. The molecule has 0 spiro atoms. The number of nitrogens with zero attached hydrogens (tertiary/aromatic N) is 3. The Kier molecular flexibility index (Phi) is 6.84. The van der Waals surface area contributed by atoms with Crippen LogP contribution in [0.15, 0.2) is 48.5 Å². The Balaban J connectivity index is 1.40. The van der Waals surface area contributed by atoms with Gasteiger partial charge in [0.1, 0.15) is 5.82 Å². The summed E-state index contributed by atoms with van der Waals surface area (Å²) in [6.07, 6.45) is 0. The number of halogens is 1. The number of carbonyl (C=O) groups is 2. The molecule has 1 aliphatic heterocycles. The molecule has 4 rings (SSSR count). The van der Waals surface area contributed by atoms with Gasteiger partial charge in [0.05, 0.1) is 29.1 Å². The number of benzene rings is 2. The molecule has 0 saturated carbocycles. The van der Waals surface area contributed by atoms with Crippen LogP contribution in [0.4, 0.5) is 10.1 Å². The summed E-state index contributed by atoms with van der Waals surface area (Å²) >= 11 is 0. The van der Waals surface area contributed by atoms with Gasteiger partial charge in [0.15, 0.2) is 6.61 Å². The molecule has 1 amide bonds. The van der Waals surface area contributed by atoms with Gasteiger partial charge in [0, 0.05) is 38.7 Å². The molecule has 7 nitrogen and oxygen atoms in total. The Labute approximate surface area is 191 Å². The van der Waals surface area contributed by atoms with Gasteiger partial charge in [-0.1, -0.05) is 30.3 Å². The number of hydrogen-bond acceptors (Lipinski definition) is 6. The lowest BCUT2D eigenvalue weighted by molar-refractivity contribution is -0.134. The van der Waals surface area contributed by atoms with E-state index in [-0.39, 0.29) is 24.9 Å².